The molecule has 0 aliphatic carbocycles. The highest BCUT2D eigenvalue weighted by molar-refractivity contribution is 6.30. The number of halogens is 1. The molecule has 3 nitrogen and oxygen atoms in total. The number of hydrogen-bond acceptors (Lipinski definition) is 2. The number of fused-ring (bicyclic) bond motifs is 1. The Morgan fingerprint density at radius 1 is 1.16 bits per heavy atom. The number of benzene rings is 1. The molecule has 96 valence electrons. The van der Waals surface area contributed by atoms with E-state index in [0.717, 1.165) is 40.5 Å². The fourth-order valence-electron chi connectivity index (χ4n) is 2.21. The number of rotatable bonds is 3. The van der Waals surface area contributed by atoms with Gasteiger partial charge in [0.1, 0.15) is 11.3 Å². The maximum atomic E-state index is 5.94. The first-order chi connectivity index (χ1) is 9.29. The maximum Gasteiger partial charge on any atom is 0.160 e. The Morgan fingerprint density at radius 3 is 2.68 bits per heavy atom. The van der Waals surface area contributed by atoms with E-state index in [9.17, 15) is 0 Å². The Labute approximate surface area is 116 Å². The monoisotopic (exact) mass is 271 g/mol. The summed E-state index contributed by atoms with van der Waals surface area (Å²) in [5.74, 6) is 0.951. The number of hydrogen-bond donors (Lipinski definition) is 0. The molecule has 3 rings (SSSR count). The third-order valence-corrected chi connectivity index (χ3v) is 3.31. The summed E-state index contributed by atoms with van der Waals surface area (Å²) < 4.78 is 2.17. The first-order valence-corrected chi connectivity index (χ1v) is 6.74. The summed E-state index contributed by atoms with van der Waals surface area (Å²) in [6.07, 6.45) is 2.85. The molecule has 0 saturated carbocycles. The Balaban J connectivity index is 2.21. The van der Waals surface area contributed by atoms with Crippen LogP contribution in [0.5, 0.6) is 0 Å². The van der Waals surface area contributed by atoms with Crippen molar-refractivity contribution in [2.45, 2.75) is 19.9 Å². The van der Waals surface area contributed by atoms with Crippen molar-refractivity contribution >= 4 is 22.8 Å². The van der Waals surface area contributed by atoms with Crippen LogP contribution in [0.25, 0.3) is 22.6 Å². The van der Waals surface area contributed by atoms with Gasteiger partial charge in [0.25, 0.3) is 0 Å². The van der Waals surface area contributed by atoms with Gasteiger partial charge in [-0.1, -0.05) is 18.5 Å². The summed E-state index contributed by atoms with van der Waals surface area (Å²) in [6.45, 7) is 3.06. The molecule has 0 atom stereocenters. The van der Waals surface area contributed by atoms with Crippen LogP contribution in [0.15, 0.2) is 42.6 Å². The molecule has 0 N–H and O–H groups in total. The van der Waals surface area contributed by atoms with Crippen LogP contribution in [0.3, 0.4) is 0 Å². The molecule has 0 fully saturated rings. The minimum absolute atomic E-state index is 0.736. The Hall–Kier alpha value is -1.87. The van der Waals surface area contributed by atoms with E-state index < -0.39 is 0 Å². The second-order valence-corrected chi connectivity index (χ2v) is 4.88. The molecule has 0 amide bonds. The van der Waals surface area contributed by atoms with Crippen LogP contribution >= 0.6 is 11.6 Å². The predicted molar refractivity (Wildman–Crippen MR) is 78.3 cm³/mol. The lowest BCUT2D eigenvalue weighted by Gasteiger charge is -2.07. The van der Waals surface area contributed by atoms with E-state index in [0.29, 0.717) is 0 Å². The van der Waals surface area contributed by atoms with Gasteiger partial charge in [0.05, 0.1) is 0 Å². The molecule has 4 heteroatoms. The van der Waals surface area contributed by atoms with E-state index in [-0.39, 0.29) is 0 Å². The standard InChI is InChI=1S/C15H14ClN3/c1-2-10-19-14(11-5-7-12(16)8-6-11)18-13-4-3-9-17-15(13)19/h3-9H,2,10H2,1H3. The van der Waals surface area contributed by atoms with E-state index in [2.05, 4.69) is 21.5 Å². The molecule has 0 aliphatic heterocycles. The molecular formula is C15H14ClN3. The van der Waals surface area contributed by atoms with Crippen molar-refractivity contribution < 1.29 is 0 Å². The molecular weight excluding hydrogens is 258 g/mol. The molecule has 2 aromatic heterocycles. The predicted octanol–water partition coefficient (Wildman–Crippen LogP) is 4.16. The minimum Gasteiger partial charge on any atom is -0.309 e. The third-order valence-electron chi connectivity index (χ3n) is 3.05. The van der Waals surface area contributed by atoms with Crippen molar-refractivity contribution in [3.05, 3.63) is 47.6 Å². The van der Waals surface area contributed by atoms with Crippen molar-refractivity contribution in [2.24, 2.45) is 0 Å². The highest BCUT2D eigenvalue weighted by Gasteiger charge is 2.12. The molecule has 1 aromatic carbocycles. The molecule has 0 unspecified atom stereocenters. The summed E-state index contributed by atoms with van der Waals surface area (Å²) in [5, 5.41) is 0.736. The summed E-state index contributed by atoms with van der Waals surface area (Å²) >= 11 is 5.94. The van der Waals surface area contributed by atoms with Crippen molar-refractivity contribution in [3.8, 4) is 11.4 Å². The second kappa shape index (κ2) is 5.02. The number of imidazole rings is 1. The zero-order valence-corrected chi connectivity index (χ0v) is 11.4. The largest absolute Gasteiger partial charge is 0.309 e. The first kappa shape index (κ1) is 12.2. The average molecular weight is 272 g/mol. The van der Waals surface area contributed by atoms with Gasteiger partial charge in [-0.05, 0) is 42.8 Å². The van der Waals surface area contributed by atoms with Gasteiger partial charge >= 0.3 is 0 Å². The Bertz CT molecular complexity index is 701. The SMILES string of the molecule is CCCn1c(-c2ccc(Cl)cc2)nc2cccnc21. The van der Waals surface area contributed by atoms with Crippen LogP contribution in [0.1, 0.15) is 13.3 Å². The van der Waals surface area contributed by atoms with Gasteiger partial charge in [0, 0.05) is 23.3 Å². The van der Waals surface area contributed by atoms with Crippen LogP contribution in [0, 0.1) is 0 Å². The van der Waals surface area contributed by atoms with Crippen LogP contribution in [-0.4, -0.2) is 14.5 Å². The normalized spacial score (nSPS) is 11.1. The lowest BCUT2D eigenvalue weighted by molar-refractivity contribution is 0.698. The van der Waals surface area contributed by atoms with Gasteiger partial charge in [0.15, 0.2) is 5.65 Å². The van der Waals surface area contributed by atoms with Crippen molar-refractivity contribution in [1.29, 1.82) is 0 Å². The molecule has 2 heterocycles. The lowest BCUT2D eigenvalue weighted by Crippen LogP contribution is -2.00. The smallest absolute Gasteiger partial charge is 0.160 e. The number of nitrogens with zero attached hydrogens (tertiary/aromatic N) is 3. The highest BCUT2D eigenvalue weighted by atomic mass is 35.5. The lowest BCUT2D eigenvalue weighted by atomic mass is 10.2. The molecule has 0 aliphatic rings. The summed E-state index contributed by atoms with van der Waals surface area (Å²) in [4.78, 5) is 9.13. The second-order valence-electron chi connectivity index (χ2n) is 4.44. The van der Waals surface area contributed by atoms with Gasteiger partial charge in [0.2, 0.25) is 0 Å². The Morgan fingerprint density at radius 2 is 1.95 bits per heavy atom. The molecule has 0 spiro atoms. The quantitative estimate of drug-likeness (QED) is 0.716. The van der Waals surface area contributed by atoms with Crippen LogP contribution < -0.4 is 0 Å². The van der Waals surface area contributed by atoms with E-state index >= 15 is 0 Å². The van der Waals surface area contributed by atoms with Gasteiger partial charge in [-0.25, -0.2) is 9.97 Å². The molecule has 0 radical (unpaired) electrons. The van der Waals surface area contributed by atoms with Gasteiger partial charge in [-0.3, -0.25) is 0 Å². The topological polar surface area (TPSA) is 30.7 Å². The van der Waals surface area contributed by atoms with Crippen molar-refractivity contribution in [2.75, 3.05) is 0 Å². The molecule has 0 bridgehead atoms. The number of aromatic nitrogens is 3. The summed E-state index contributed by atoms with van der Waals surface area (Å²) in [5.41, 5.74) is 2.94. The molecule has 3 aromatic rings. The highest BCUT2D eigenvalue weighted by Crippen LogP contribution is 2.25. The summed E-state index contributed by atoms with van der Waals surface area (Å²) in [7, 11) is 0. The van der Waals surface area contributed by atoms with Crippen LogP contribution in [0.2, 0.25) is 5.02 Å². The zero-order chi connectivity index (χ0) is 13.2. The van der Waals surface area contributed by atoms with E-state index in [1.807, 2.05) is 42.6 Å². The van der Waals surface area contributed by atoms with E-state index in [4.69, 9.17) is 11.6 Å². The van der Waals surface area contributed by atoms with Gasteiger partial charge in [-0.2, -0.15) is 0 Å². The van der Waals surface area contributed by atoms with Gasteiger partial charge in [-0.15, -0.1) is 0 Å². The number of aryl methyl sites for hydroxylation is 1. The minimum atomic E-state index is 0.736. The number of pyridine rings is 1. The van der Waals surface area contributed by atoms with E-state index in [1.165, 1.54) is 0 Å². The molecule has 0 saturated heterocycles. The van der Waals surface area contributed by atoms with Crippen LogP contribution in [0.4, 0.5) is 0 Å². The summed E-state index contributed by atoms with van der Waals surface area (Å²) in [6, 6.07) is 11.7. The first-order valence-electron chi connectivity index (χ1n) is 6.37. The third kappa shape index (κ3) is 2.22. The van der Waals surface area contributed by atoms with Crippen molar-refractivity contribution in [1.82, 2.24) is 14.5 Å². The van der Waals surface area contributed by atoms with Gasteiger partial charge < -0.3 is 4.57 Å². The Kier molecular flexibility index (Phi) is 3.22. The fourth-order valence-corrected chi connectivity index (χ4v) is 2.34. The van der Waals surface area contributed by atoms with Crippen molar-refractivity contribution in [3.63, 3.8) is 0 Å². The molecule has 19 heavy (non-hydrogen) atoms. The fraction of sp³-hybridized carbons (Fsp3) is 0.200. The average Bonchev–Trinajstić information content (AvgIpc) is 2.79. The zero-order valence-electron chi connectivity index (χ0n) is 10.7. The van der Waals surface area contributed by atoms with Crippen LogP contribution in [-0.2, 0) is 6.54 Å². The maximum absolute atomic E-state index is 5.94. The van der Waals surface area contributed by atoms with E-state index in [1.54, 1.807) is 0 Å².